The first-order valence-corrected chi connectivity index (χ1v) is 11.3. The molecule has 0 fully saturated rings. The third-order valence-corrected chi connectivity index (χ3v) is 6.31. The van der Waals surface area contributed by atoms with Crippen LogP contribution >= 0.6 is 11.3 Å². The molecule has 4 rings (SSSR count). The van der Waals surface area contributed by atoms with Crippen molar-refractivity contribution in [2.24, 2.45) is 0 Å². The number of carbonyl (C=O) groups excluding carboxylic acids is 1. The summed E-state index contributed by atoms with van der Waals surface area (Å²) in [7, 11) is 1.66. The number of methoxy groups -OCH3 is 1. The lowest BCUT2D eigenvalue weighted by atomic mass is 10.1. The topological polar surface area (TPSA) is 46.8 Å². The molecular weight excluding hydrogens is 406 g/mol. The summed E-state index contributed by atoms with van der Waals surface area (Å²) < 4.78 is 7.38. The molecule has 0 radical (unpaired) electrons. The Morgan fingerprint density at radius 1 is 1.03 bits per heavy atom. The van der Waals surface area contributed by atoms with Crippen LogP contribution in [0.25, 0.3) is 16.2 Å². The average Bonchev–Trinajstić information content (AvgIpc) is 3.36. The average molecular weight is 434 g/mol. The van der Waals surface area contributed by atoms with E-state index >= 15 is 0 Å². The molecule has 0 unspecified atom stereocenters. The molecule has 1 amide bonds. The van der Waals surface area contributed by atoms with Crippen LogP contribution in [-0.2, 0) is 11.2 Å². The number of rotatable bonds is 8. The third-order valence-electron chi connectivity index (χ3n) is 5.42. The third kappa shape index (κ3) is 4.86. The molecule has 4 aromatic rings. The molecule has 2 aromatic carbocycles. The van der Waals surface area contributed by atoms with Crippen LogP contribution in [0.15, 0.2) is 60.1 Å². The van der Waals surface area contributed by atoms with E-state index in [1.54, 1.807) is 18.4 Å². The van der Waals surface area contributed by atoms with Crippen LogP contribution in [0.4, 0.5) is 0 Å². The zero-order valence-electron chi connectivity index (χ0n) is 18.2. The van der Waals surface area contributed by atoms with Crippen molar-refractivity contribution in [2.45, 2.75) is 20.3 Å². The predicted octanol–water partition coefficient (Wildman–Crippen LogP) is 5.01. The first-order valence-electron chi connectivity index (χ1n) is 10.4. The molecule has 0 spiro atoms. The molecule has 0 aliphatic carbocycles. The molecule has 0 N–H and O–H groups in total. The van der Waals surface area contributed by atoms with E-state index in [1.807, 2.05) is 36.1 Å². The highest BCUT2D eigenvalue weighted by atomic mass is 32.1. The summed E-state index contributed by atoms with van der Waals surface area (Å²) in [5.74, 6) is 0.0366. The van der Waals surface area contributed by atoms with Crippen molar-refractivity contribution < 1.29 is 9.53 Å². The molecule has 2 heterocycles. The Morgan fingerprint density at radius 2 is 1.71 bits per heavy atom. The van der Waals surface area contributed by atoms with Crippen molar-refractivity contribution in [3.05, 3.63) is 82.5 Å². The first-order chi connectivity index (χ1) is 15.0. The van der Waals surface area contributed by atoms with Crippen LogP contribution < -0.4 is 0 Å². The van der Waals surface area contributed by atoms with Gasteiger partial charge in [-0.2, -0.15) is 0 Å². The van der Waals surface area contributed by atoms with Gasteiger partial charge in [0.1, 0.15) is 0 Å². The summed E-state index contributed by atoms with van der Waals surface area (Å²) in [6.07, 6.45) is 2.85. The molecule has 0 aliphatic rings. The largest absolute Gasteiger partial charge is 0.383 e. The Hall–Kier alpha value is -2.96. The summed E-state index contributed by atoms with van der Waals surface area (Å²) in [5, 5.41) is 2.13. The number of hydrogen-bond acceptors (Lipinski definition) is 4. The van der Waals surface area contributed by atoms with Gasteiger partial charge in [-0.1, -0.05) is 47.5 Å². The van der Waals surface area contributed by atoms with Gasteiger partial charge in [0.2, 0.25) is 0 Å². The van der Waals surface area contributed by atoms with E-state index in [-0.39, 0.29) is 5.91 Å². The van der Waals surface area contributed by atoms with E-state index in [0.29, 0.717) is 25.3 Å². The highest BCUT2D eigenvalue weighted by Crippen LogP contribution is 2.24. The normalized spacial score (nSPS) is 11.2. The minimum absolute atomic E-state index is 0.0366. The van der Waals surface area contributed by atoms with Crippen LogP contribution in [0, 0.1) is 13.8 Å². The zero-order chi connectivity index (χ0) is 21.8. The quantitative estimate of drug-likeness (QED) is 0.392. The van der Waals surface area contributed by atoms with Gasteiger partial charge >= 0.3 is 0 Å². The van der Waals surface area contributed by atoms with E-state index in [2.05, 4.69) is 47.2 Å². The fraction of sp³-hybridized carbons (Fsp3) is 0.280. The number of hydrogen-bond donors (Lipinski definition) is 0. The summed E-state index contributed by atoms with van der Waals surface area (Å²) in [6.45, 7) is 5.81. The maximum absolute atomic E-state index is 13.1. The second-order valence-corrected chi connectivity index (χ2v) is 8.61. The van der Waals surface area contributed by atoms with Gasteiger partial charge in [0.05, 0.1) is 12.3 Å². The number of nitrogens with zero attached hydrogens (tertiary/aromatic N) is 3. The minimum atomic E-state index is 0.0366. The van der Waals surface area contributed by atoms with Crippen molar-refractivity contribution in [1.82, 2.24) is 14.3 Å². The zero-order valence-corrected chi connectivity index (χ0v) is 19.0. The molecule has 160 valence electrons. The number of fused-ring (bicyclic) bond motifs is 1. The Balaban J connectivity index is 1.51. The molecular formula is C25H27N3O2S. The molecule has 0 bridgehead atoms. The van der Waals surface area contributed by atoms with Crippen LogP contribution in [0.5, 0.6) is 0 Å². The standard InChI is InChI=1S/C25H27N3O2S/c1-18-4-8-20(9-5-18)23-16-28-22(17-31-25(28)26-23)12-13-27(14-15-30-3)24(29)21-10-6-19(2)7-11-21/h4-11,16-17H,12-15H2,1-3H3. The number of thiazole rings is 1. The van der Waals surface area contributed by atoms with E-state index in [4.69, 9.17) is 9.72 Å². The number of benzene rings is 2. The van der Waals surface area contributed by atoms with Crippen molar-refractivity contribution in [3.63, 3.8) is 0 Å². The van der Waals surface area contributed by atoms with Crippen LogP contribution in [-0.4, -0.2) is 47.0 Å². The highest BCUT2D eigenvalue weighted by Gasteiger charge is 2.17. The Bertz CT molecular complexity index is 1160. The van der Waals surface area contributed by atoms with E-state index in [1.165, 1.54) is 5.56 Å². The highest BCUT2D eigenvalue weighted by molar-refractivity contribution is 7.15. The molecule has 0 saturated heterocycles. The van der Waals surface area contributed by atoms with Gasteiger partial charge in [-0.3, -0.25) is 9.20 Å². The maximum atomic E-state index is 13.1. The van der Waals surface area contributed by atoms with E-state index < -0.39 is 0 Å². The number of aryl methyl sites for hydroxylation is 2. The van der Waals surface area contributed by atoms with Crippen molar-refractivity contribution in [3.8, 4) is 11.3 Å². The van der Waals surface area contributed by atoms with Gasteiger partial charge in [0.15, 0.2) is 4.96 Å². The van der Waals surface area contributed by atoms with Crippen molar-refractivity contribution in [1.29, 1.82) is 0 Å². The summed E-state index contributed by atoms with van der Waals surface area (Å²) in [5.41, 5.74) is 6.33. The van der Waals surface area contributed by atoms with E-state index in [9.17, 15) is 4.79 Å². The fourth-order valence-corrected chi connectivity index (χ4v) is 4.42. The first kappa shape index (κ1) is 21.3. The molecule has 0 aliphatic heterocycles. The molecule has 0 atom stereocenters. The molecule has 5 nitrogen and oxygen atoms in total. The second kappa shape index (κ2) is 9.45. The van der Waals surface area contributed by atoms with Crippen LogP contribution in [0.1, 0.15) is 27.2 Å². The van der Waals surface area contributed by atoms with Gasteiger partial charge in [-0.25, -0.2) is 4.98 Å². The van der Waals surface area contributed by atoms with Gasteiger partial charge in [0.25, 0.3) is 5.91 Å². The van der Waals surface area contributed by atoms with Gasteiger partial charge in [-0.15, -0.1) is 11.3 Å². The van der Waals surface area contributed by atoms with Crippen LogP contribution in [0.2, 0.25) is 0 Å². The predicted molar refractivity (Wildman–Crippen MR) is 126 cm³/mol. The molecule has 2 aromatic heterocycles. The molecule has 6 heteroatoms. The lowest BCUT2D eigenvalue weighted by Gasteiger charge is -2.22. The Kier molecular flexibility index (Phi) is 6.49. The number of ether oxygens (including phenoxy) is 1. The number of amides is 1. The van der Waals surface area contributed by atoms with Crippen molar-refractivity contribution >= 4 is 22.2 Å². The lowest BCUT2D eigenvalue weighted by Crippen LogP contribution is -2.35. The number of carbonyl (C=O) groups is 1. The Morgan fingerprint density at radius 3 is 2.39 bits per heavy atom. The summed E-state index contributed by atoms with van der Waals surface area (Å²) in [4.78, 5) is 20.7. The summed E-state index contributed by atoms with van der Waals surface area (Å²) >= 11 is 1.63. The van der Waals surface area contributed by atoms with Crippen LogP contribution in [0.3, 0.4) is 0 Å². The second-order valence-electron chi connectivity index (χ2n) is 7.77. The van der Waals surface area contributed by atoms with E-state index in [0.717, 1.165) is 33.9 Å². The maximum Gasteiger partial charge on any atom is 0.253 e. The smallest absolute Gasteiger partial charge is 0.253 e. The SMILES string of the molecule is COCCN(CCc1csc2nc(-c3ccc(C)cc3)cn12)C(=O)c1ccc(C)cc1. The summed E-state index contributed by atoms with van der Waals surface area (Å²) in [6, 6.07) is 16.2. The van der Waals surface area contributed by atoms with Gasteiger partial charge in [0, 0.05) is 55.0 Å². The minimum Gasteiger partial charge on any atom is -0.383 e. The molecule has 0 saturated carbocycles. The van der Waals surface area contributed by atoms with Gasteiger partial charge in [-0.05, 0) is 26.0 Å². The number of aromatic nitrogens is 2. The molecule has 31 heavy (non-hydrogen) atoms. The van der Waals surface area contributed by atoms with Crippen molar-refractivity contribution in [2.75, 3.05) is 26.8 Å². The fourth-order valence-electron chi connectivity index (χ4n) is 3.52. The Labute approximate surface area is 186 Å². The monoisotopic (exact) mass is 433 g/mol. The lowest BCUT2D eigenvalue weighted by molar-refractivity contribution is 0.0697. The van der Waals surface area contributed by atoms with Gasteiger partial charge < -0.3 is 9.64 Å². The number of imidazole rings is 1.